The molecule has 0 aromatic carbocycles. The molecule has 1 aliphatic rings. The smallest absolute Gasteiger partial charge is 0.274 e. The Morgan fingerprint density at radius 1 is 1.19 bits per heavy atom. The van der Waals surface area contributed by atoms with E-state index in [1.807, 2.05) is 12.1 Å². The predicted molar refractivity (Wildman–Crippen MR) is 77.3 cm³/mol. The lowest BCUT2D eigenvalue weighted by molar-refractivity contribution is 0.102. The van der Waals surface area contributed by atoms with Crippen molar-refractivity contribution in [1.82, 2.24) is 15.0 Å². The number of ether oxygens (including phenoxy) is 1. The number of carbonyl (C=O) groups is 1. The van der Waals surface area contributed by atoms with Gasteiger partial charge in [0.15, 0.2) is 0 Å². The van der Waals surface area contributed by atoms with Crippen molar-refractivity contribution in [2.24, 2.45) is 0 Å². The first-order valence-electron chi connectivity index (χ1n) is 6.69. The van der Waals surface area contributed by atoms with Gasteiger partial charge in [0.2, 0.25) is 0 Å². The van der Waals surface area contributed by atoms with E-state index in [0.717, 1.165) is 18.9 Å². The fourth-order valence-corrected chi connectivity index (χ4v) is 2.08. The maximum Gasteiger partial charge on any atom is 0.274 e. The van der Waals surface area contributed by atoms with Crippen molar-refractivity contribution in [2.45, 2.75) is 0 Å². The maximum atomic E-state index is 12.2. The lowest BCUT2D eigenvalue weighted by Gasteiger charge is -2.27. The van der Waals surface area contributed by atoms with E-state index in [-0.39, 0.29) is 5.91 Å². The lowest BCUT2D eigenvalue weighted by atomic mass is 10.3. The number of amides is 1. The Labute approximate surface area is 122 Å². The molecule has 1 N–H and O–H groups in total. The molecular weight excluding hydrogens is 270 g/mol. The van der Waals surface area contributed by atoms with E-state index in [2.05, 4.69) is 25.2 Å². The van der Waals surface area contributed by atoms with E-state index < -0.39 is 0 Å². The van der Waals surface area contributed by atoms with Crippen molar-refractivity contribution in [3.63, 3.8) is 0 Å². The average Bonchev–Trinajstić information content (AvgIpc) is 2.57. The van der Waals surface area contributed by atoms with Crippen LogP contribution in [-0.4, -0.2) is 47.2 Å². The summed E-state index contributed by atoms with van der Waals surface area (Å²) in [5, 5.41) is 2.72. The second-order valence-electron chi connectivity index (χ2n) is 4.56. The summed E-state index contributed by atoms with van der Waals surface area (Å²) in [6.07, 6.45) is 4.49. The van der Waals surface area contributed by atoms with Crippen molar-refractivity contribution in [3.05, 3.63) is 42.6 Å². The number of morpholine rings is 1. The van der Waals surface area contributed by atoms with Crippen molar-refractivity contribution < 1.29 is 9.53 Å². The van der Waals surface area contributed by atoms with Crippen LogP contribution in [0.25, 0.3) is 0 Å². The molecule has 108 valence electrons. The highest BCUT2D eigenvalue weighted by molar-refractivity contribution is 6.02. The van der Waals surface area contributed by atoms with Crippen LogP contribution in [0.5, 0.6) is 0 Å². The summed E-state index contributed by atoms with van der Waals surface area (Å²) in [6.45, 7) is 2.92. The monoisotopic (exact) mass is 285 g/mol. The number of hydrogen-bond donors (Lipinski definition) is 1. The zero-order chi connectivity index (χ0) is 14.5. The molecule has 1 amide bonds. The molecule has 1 fully saturated rings. The summed E-state index contributed by atoms with van der Waals surface area (Å²) in [5.41, 5.74) is 0.906. The molecule has 7 heteroatoms. The summed E-state index contributed by atoms with van der Waals surface area (Å²) in [7, 11) is 0. The zero-order valence-electron chi connectivity index (χ0n) is 11.4. The first-order valence-corrected chi connectivity index (χ1v) is 6.69. The quantitative estimate of drug-likeness (QED) is 0.904. The molecule has 0 bridgehead atoms. The van der Waals surface area contributed by atoms with Crippen molar-refractivity contribution in [3.8, 4) is 0 Å². The number of carbonyl (C=O) groups excluding carboxylic acids is 1. The Kier molecular flexibility index (Phi) is 4.02. The molecule has 1 saturated heterocycles. The van der Waals surface area contributed by atoms with Gasteiger partial charge in [-0.3, -0.25) is 4.79 Å². The van der Waals surface area contributed by atoms with Gasteiger partial charge in [0, 0.05) is 13.1 Å². The van der Waals surface area contributed by atoms with Crippen molar-refractivity contribution in [1.29, 1.82) is 0 Å². The molecule has 0 spiro atoms. The van der Waals surface area contributed by atoms with Gasteiger partial charge < -0.3 is 15.0 Å². The Bertz CT molecular complexity index is 614. The highest BCUT2D eigenvalue weighted by Crippen LogP contribution is 2.14. The normalized spacial score (nSPS) is 14.8. The number of nitrogens with one attached hydrogen (secondary N) is 1. The van der Waals surface area contributed by atoms with Crippen LogP contribution in [0.2, 0.25) is 0 Å². The van der Waals surface area contributed by atoms with E-state index in [9.17, 15) is 4.79 Å². The van der Waals surface area contributed by atoms with Crippen LogP contribution in [0.15, 0.2) is 36.9 Å². The molecule has 3 rings (SSSR count). The average molecular weight is 285 g/mol. The van der Waals surface area contributed by atoms with Gasteiger partial charge in [-0.15, -0.1) is 0 Å². The molecule has 0 radical (unpaired) electrons. The molecule has 0 aliphatic carbocycles. The molecular formula is C14H15N5O2. The zero-order valence-corrected chi connectivity index (χ0v) is 11.4. The summed E-state index contributed by atoms with van der Waals surface area (Å²) in [4.78, 5) is 26.4. The topological polar surface area (TPSA) is 80.2 Å². The fraction of sp³-hybridized carbons (Fsp3) is 0.286. The Morgan fingerprint density at radius 2 is 1.95 bits per heavy atom. The highest BCUT2D eigenvalue weighted by Gasteiger charge is 2.15. The number of nitrogens with zero attached hydrogens (tertiary/aromatic N) is 4. The second kappa shape index (κ2) is 6.27. The van der Waals surface area contributed by atoms with E-state index >= 15 is 0 Å². The van der Waals surface area contributed by atoms with Gasteiger partial charge in [-0.1, -0.05) is 6.07 Å². The molecule has 3 heterocycles. The Morgan fingerprint density at radius 3 is 2.71 bits per heavy atom. The molecule has 0 saturated carbocycles. The van der Waals surface area contributed by atoms with Crippen LogP contribution in [0.4, 0.5) is 11.5 Å². The molecule has 0 unspecified atom stereocenters. The highest BCUT2D eigenvalue weighted by atomic mass is 16.5. The first kappa shape index (κ1) is 13.4. The minimum atomic E-state index is -0.278. The summed E-state index contributed by atoms with van der Waals surface area (Å²) in [5.74, 6) is 0.509. The fourth-order valence-electron chi connectivity index (χ4n) is 2.08. The lowest BCUT2D eigenvalue weighted by Crippen LogP contribution is -2.37. The molecule has 2 aromatic rings. The van der Waals surface area contributed by atoms with E-state index in [4.69, 9.17) is 4.74 Å². The van der Waals surface area contributed by atoms with Gasteiger partial charge in [0.05, 0.1) is 31.3 Å². The third kappa shape index (κ3) is 3.32. The van der Waals surface area contributed by atoms with Crippen LogP contribution >= 0.6 is 0 Å². The minimum absolute atomic E-state index is 0.278. The largest absolute Gasteiger partial charge is 0.378 e. The van der Waals surface area contributed by atoms with Gasteiger partial charge in [-0.2, -0.15) is 0 Å². The SMILES string of the molecule is O=C(Nc1cncnc1)c1cccc(N2CCOCC2)n1. The van der Waals surface area contributed by atoms with Crippen LogP contribution in [0, 0.1) is 0 Å². The summed E-state index contributed by atoms with van der Waals surface area (Å²) in [6, 6.07) is 5.41. The third-order valence-electron chi connectivity index (χ3n) is 3.12. The standard InChI is InChI=1S/C14H15N5O2/c20-14(17-11-8-15-10-16-9-11)12-2-1-3-13(18-12)19-4-6-21-7-5-19/h1-3,8-10H,4-7H2,(H,17,20). The van der Waals surface area contributed by atoms with Crippen molar-refractivity contribution in [2.75, 3.05) is 36.5 Å². The predicted octanol–water partition coefficient (Wildman–Crippen LogP) is 0.960. The number of aromatic nitrogens is 3. The molecule has 1 aliphatic heterocycles. The second-order valence-corrected chi connectivity index (χ2v) is 4.56. The van der Waals surface area contributed by atoms with Gasteiger partial charge in [-0.05, 0) is 12.1 Å². The van der Waals surface area contributed by atoms with Gasteiger partial charge >= 0.3 is 0 Å². The van der Waals surface area contributed by atoms with Crippen LogP contribution in [0.1, 0.15) is 10.5 Å². The van der Waals surface area contributed by atoms with E-state index in [1.54, 1.807) is 6.07 Å². The minimum Gasteiger partial charge on any atom is -0.378 e. The Balaban J connectivity index is 1.74. The molecule has 7 nitrogen and oxygen atoms in total. The van der Waals surface area contributed by atoms with Crippen LogP contribution in [-0.2, 0) is 4.74 Å². The third-order valence-corrected chi connectivity index (χ3v) is 3.12. The number of pyridine rings is 1. The maximum absolute atomic E-state index is 12.2. The summed E-state index contributed by atoms with van der Waals surface area (Å²) >= 11 is 0. The van der Waals surface area contributed by atoms with E-state index in [1.165, 1.54) is 18.7 Å². The number of hydrogen-bond acceptors (Lipinski definition) is 6. The van der Waals surface area contributed by atoms with Crippen LogP contribution < -0.4 is 10.2 Å². The van der Waals surface area contributed by atoms with Crippen molar-refractivity contribution >= 4 is 17.4 Å². The van der Waals surface area contributed by atoms with E-state index in [0.29, 0.717) is 24.6 Å². The summed E-state index contributed by atoms with van der Waals surface area (Å²) < 4.78 is 5.32. The number of anilines is 2. The Hall–Kier alpha value is -2.54. The van der Waals surface area contributed by atoms with Gasteiger partial charge in [0.25, 0.3) is 5.91 Å². The first-order chi connectivity index (χ1) is 10.3. The van der Waals surface area contributed by atoms with Crippen LogP contribution in [0.3, 0.4) is 0 Å². The number of rotatable bonds is 3. The van der Waals surface area contributed by atoms with Gasteiger partial charge in [0.1, 0.15) is 17.8 Å². The molecule has 21 heavy (non-hydrogen) atoms. The molecule has 0 atom stereocenters. The van der Waals surface area contributed by atoms with Gasteiger partial charge in [-0.25, -0.2) is 15.0 Å². The molecule has 2 aromatic heterocycles.